The van der Waals surface area contributed by atoms with Crippen LogP contribution in [0.4, 0.5) is 11.4 Å². The van der Waals surface area contributed by atoms with Gasteiger partial charge in [-0.25, -0.2) is 8.42 Å². The molecule has 7 nitrogen and oxygen atoms in total. The Morgan fingerprint density at radius 1 is 1.30 bits per heavy atom. The molecule has 0 aliphatic carbocycles. The van der Waals surface area contributed by atoms with E-state index in [0.717, 1.165) is 13.0 Å². The summed E-state index contributed by atoms with van der Waals surface area (Å²) in [5.41, 5.74) is 0.906. The number of carbonyl (C=O) groups is 1. The molecule has 1 aromatic carbocycles. The molecule has 0 aromatic heterocycles. The van der Waals surface area contributed by atoms with Gasteiger partial charge in [0.15, 0.2) is 0 Å². The predicted molar refractivity (Wildman–Crippen MR) is 95.1 cm³/mol. The van der Waals surface area contributed by atoms with Gasteiger partial charge in [-0.2, -0.15) is 0 Å². The molecule has 9 heteroatoms. The molecule has 0 spiro atoms. The van der Waals surface area contributed by atoms with Gasteiger partial charge in [-0.3, -0.25) is 9.52 Å². The van der Waals surface area contributed by atoms with Crippen molar-refractivity contribution in [3.63, 3.8) is 0 Å². The van der Waals surface area contributed by atoms with Crippen LogP contribution in [0.25, 0.3) is 0 Å². The standard InChI is InChI=1S/C14H23N3O4S.ClH/c1-4-22(19,20)17-12-8-7-11(10-13(12)21-3)16-14(18)6-5-9-15-2;/h7-8,10,15,17H,4-6,9H2,1-3H3,(H,16,18);1H. The fourth-order valence-corrected chi connectivity index (χ4v) is 2.39. The molecule has 0 heterocycles. The molecule has 0 unspecified atom stereocenters. The quantitative estimate of drug-likeness (QED) is 0.580. The topological polar surface area (TPSA) is 96.5 Å². The number of benzene rings is 1. The summed E-state index contributed by atoms with van der Waals surface area (Å²) in [5, 5.41) is 5.73. The maximum absolute atomic E-state index is 11.8. The number of nitrogens with one attached hydrogen (secondary N) is 3. The Balaban J connectivity index is 0.00000484. The number of ether oxygens (including phenoxy) is 1. The Labute approximate surface area is 143 Å². The first kappa shape index (κ1) is 21.5. The van der Waals surface area contributed by atoms with E-state index in [4.69, 9.17) is 4.74 Å². The molecule has 0 atom stereocenters. The minimum atomic E-state index is -3.38. The highest BCUT2D eigenvalue weighted by molar-refractivity contribution is 7.92. The lowest BCUT2D eigenvalue weighted by molar-refractivity contribution is -0.116. The fraction of sp³-hybridized carbons (Fsp3) is 0.500. The number of sulfonamides is 1. The van der Waals surface area contributed by atoms with Crippen molar-refractivity contribution in [1.82, 2.24) is 5.32 Å². The van der Waals surface area contributed by atoms with Gasteiger partial charge in [-0.05, 0) is 39.1 Å². The van der Waals surface area contributed by atoms with Crippen LogP contribution in [0, 0.1) is 0 Å². The van der Waals surface area contributed by atoms with Crippen LogP contribution in [0.2, 0.25) is 0 Å². The minimum Gasteiger partial charge on any atom is -0.494 e. The molecular weight excluding hydrogens is 342 g/mol. The lowest BCUT2D eigenvalue weighted by Gasteiger charge is -2.13. The van der Waals surface area contributed by atoms with Gasteiger partial charge in [0.1, 0.15) is 5.75 Å². The van der Waals surface area contributed by atoms with Crippen LogP contribution in [0.3, 0.4) is 0 Å². The number of rotatable bonds is 9. The highest BCUT2D eigenvalue weighted by Crippen LogP contribution is 2.28. The maximum Gasteiger partial charge on any atom is 0.232 e. The number of carbonyl (C=O) groups excluding carboxylic acids is 1. The van der Waals surface area contributed by atoms with Crippen molar-refractivity contribution in [3.8, 4) is 5.75 Å². The monoisotopic (exact) mass is 365 g/mol. The summed E-state index contributed by atoms with van der Waals surface area (Å²) in [6.07, 6.45) is 1.15. The van der Waals surface area contributed by atoms with Crippen LogP contribution in [0.1, 0.15) is 19.8 Å². The molecule has 23 heavy (non-hydrogen) atoms. The van der Waals surface area contributed by atoms with Gasteiger partial charge in [0.05, 0.1) is 18.6 Å². The van der Waals surface area contributed by atoms with E-state index in [1.54, 1.807) is 25.1 Å². The Kier molecular flexibility index (Phi) is 9.62. The first-order valence-corrected chi connectivity index (χ1v) is 8.70. The molecule has 0 radical (unpaired) electrons. The number of methoxy groups -OCH3 is 1. The summed E-state index contributed by atoms with van der Waals surface area (Å²) in [4.78, 5) is 11.8. The third kappa shape index (κ3) is 7.54. The average Bonchev–Trinajstić information content (AvgIpc) is 2.49. The number of anilines is 2. The largest absolute Gasteiger partial charge is 0.494 e. The normalized spacial score (nSPS) is 10.6. The van der Waals surface area contributed by atoms with Crippen LogP contribution in [0.15, 0.2) is 18.2 Å². The second kappa shape index (κ2) is 10.3. The van der Waals surface area contributed by atoms with Crippen LogP contribution in [-0.2, 0) is 14.8 Å². The zero-order chi connectivity index (χ0) is 16.6. The minimum absolute atomic E-state index is 0. The Hall–Kier alpha value is -1.51. The van der Waals surface area contributed by atoms with E-state index in [0.29, 0.717) is 23.5 Å². The van der Waals surface area contributed by atoms with Crippen LogP contribution in [0.5, 0.6) is 5.75 Å². The molecule has 3 N–H and O–H groups in total. The highest BCUT2D eigenvalue weighted by Gasteiger charge is 2.12. The molecule has 132 valence electrons. The van der Waals surface area contributed by atoms with Gasteiger partial charge < -0.3 is 15.4 Å². The average molecular weight is 366 g/mol. The van der Waals surface area contributed by atoms with Crippen LogP contribution in [-0.4, -0.2) is 40.8 Å². The summed E-state index contributed by atoms with van der Waals surface area (Å²) >= 11 is 0. The molecule has 0 saturated heterocycles. The van der Waals surface area contributed by atoms with E-state index in [-0.39, 0.29) is 24.1 Å². The number of halogens is 1. The third-order valence-electron chi connectivity index (χ3n) is 2.96. The van der Waals surface area contributed by atoms with Gasteiger partial charge >= 0.3 is 0 Å². The number of hydrogen-bond acceptors (Lipinski definition) is 5. The second-order valence-electron chi connectivity index (χ2n) is 4.68. The predicted octanol–water partition coefficient (Wildman–Crippen LogP) is 1.82. The van der Waals surface area contributed by atoms with Gasteiger partial charge in [-0.15, -0.1) is 12.4 Å². The van der Waals surface area contributed by atoms with Gasteiger partial charge in [-0.1, -0.05) is 0 Å². The second-order valence-corrected chi connectivity index (χ2v) is 6.69. The highest BCUT2D eigenvalue weighted by atomic mass is 35.5. The van der Waals surface area contributed by atoms with E-state index in [1.165, 1.54) is 7.11 Å². The van der Waals surface area contributed by atoms with Crippen molar-refractivity contribution >= 4 is 39.7 Å². The summed E-state index contributed by atoms with van der Waals surface area (Å²) in [6.45, 7) is 2.32. The zero-order valence-corrected chi connectivity index (χ0v) is 15.1. The van der Waals surface area contributed by atoms with Crippen LogP contribution < -0.4 is 20.1 Å². The van der Waals surface area contributed by atoms with E-state index < -0.39 is 10.0 Å². The SMILES string of the molecule is CCS(=O)(=O)Nc1ccc(NC(=O)CCCNC)cc1OC.Cl. The first-order chi connectivity index (χ1) is 10.4. The number of hydrogen-bond donors (Lipinski definition) is 3. The number of amides is 1. The molecular formula is C14H24ClN3O4S. The van der Waals surface area contributed by atoms with Gasteiger partial charge in [0.2, 0.25) is 15.9 Å². The molecule has 1 aromatic rings. The summed E-state index contributed by atoms with van der Waals surface area (Å²) in [5.74, 6) is 0.226. The maximum atomic E-state index is 11.8. The Morgan fingerprint density at radius 3 is 2.57 bits per heavy atom. The molecule has 0 aliphatic heterocycles. The zero-order valence-electron chi connectivity index (χ0n) is 13.5. The molecule has 1 amide bonds. The van der Waals surface area contributed by atoms with Crippen molar-refractivity contribution in [2.24, 2.45) is 0 Å². The lowest BCUT2D eigenvalue weighted by atomic mass is 10.2. The molecule has 1 rings (SSSR count). The van der Waals surface area contributed by atoms with E-state index >= 15 is 0 Å². The summed E-state index contributed by atoms with van der Waals surface area (Å²) in [7, 11) is -0.106. The van der Waals surface area contributed by atoms with E-state index in [9.17, 15) is 13.2 Å². The molecule has 0 bridgehead atoms. The van der Waals surface area contributed by atoms with Crippen molar-refractivity contribution < 1.29 is 17.9 Å². The van der Waals surface area contributed by atoms with Gasteiger partial charge in [0, 0.05) is 18.2 Å². The smallest absolute Gasteiger partial charge is 0.232 e. The molecule has 0 fully saturated rings. The van der Waals surface area contributed by atoms with Crippen molar-refractivity contribution in [1.29, 1.82) is 0 Å². The van der Waals surface area contributed by atoms with Crippen molar-refractivity contribution in [2.75, 3.05) is 36.5 Å². The Morgan fingerprint density at radius 2 is 2.00 bits per heavy atom. The summed E-state index contributed by atoms with van der Waals surface area (Å²) < 4.78 is 30.8. The van der Waals surface area contributed by atoms with E-state index in [1.807, 2.05) is 7.05 Å². The van der Waals surface area contributed by atoms with Crippen LogP contribution >= 0.6 is 12.4 Å². The molecule has 0 saturated carbocycles. The van der Waals surface area contributed by atoms with Gasteiger partial charge in [0.25, 0.3) is 0 Å². The fourth-order valence-electron chi connectivity index (χ4n) is 1.74. The summed E-state index contributed by atoms with van der Waals surface area (Å²) in [6, 6.07) is 4.78. The lowest BCUT2D eigenvalue weighted by Crippen LogP contribution is -2.16. The van der Waals surface area contributed by atoms with Crippen molar-refractivity contribution in [2.45, 2.75) is 19.8 Å². The van der Waals surface area contributed by atoms with Crippen molar-refractivity contribution in [3.05, 3.63) is 18.2 Å². The molecule has 0 aliphatic rings. The first-order valence-electron chi connectivity index (χ1n) is 7.04. The van der Waals surface area contributed by atoms with E-state index in [2.05, 4.69) is 15.4 Å². The Bertz CT molecular complexity index is 608. The third-order valence-corrected chi connectivity index (χ3v) is 4.25.